The number of piperidine rings is 1. The molecule has 1 aromatic carbocycles. The quantitative estimate of drug-likeness (QED) is 0.907. The maximum atomic E-state index is 9.03. The molecule has 0 aromatic heterocycles. The van der Waals surface area contributed by atoms with Crippen LogP contribution in [0.4, 0.5) is 5.69 Å². The lowest BCUT2D eigenvalue weighted by atomic mass is 10.1. The zero-order valence-corrected chi connectivity index (χ0v) is 11.2. The van der Waals surface area contributed by atoms with Crippen LogP contribution >= 0.6 is 11.6 Å². The molecule has 3 nitrogen and oxygen atoms in total. The molecule has 0 aliphatic carbocycles. The Kier molecular flexibility index (Phi) is 4.86. The normalized spacial score (nSPS) is 16.2. The molecular weight excluding hydrogens is 246 g/mol. The van der Waals surface area contributed by atoms with Gasteiger partial charge >= 0.3 is 0 Å². The topological polar surface area (TPSA) is 39.1 Å². The largest absolute Gasteiger partial charge is 0.383 e. The minimum absolute atomic E-state index is 0.605. The van der Waals surface area contributed by atoms with Gasteiger partial charge in [-0.1, -0.05) is 18.0 Å². The monoisotopic (exact) mass is 263 g/mol. The maximum Gasteiger partial charge on any atom is 0.101 e. The predicted octanol–water partition coefficient (Wildman–Crippen LogP) is 3.11. The van der Waals surface area contributed by atoms with Crippen LogP contribution < -0.4 is 5.32 Å². The summed E-state index contributed by atoms with van der Waals surface area (Å²) in [6.45, 7) is 4.31. The Labute approximate surface area is 113 Å². The first kappa shape index (κ1) is 13.2. The molecule has 96 valence electrons. The lowest BCUT2D eigenvalue weighted by molar-refractivity contribution is 0.237. The number of anilines is 1. The van der Waals surface area contributed by atoms with Crippen molar-refractivity contribution in [2.45, 2.75) is 19.3 Å². The number of likely N-dealkylation sites (tertiary alicyclic amines) is 1. The highest BCUT2D eigenvalue weighted by Crippen LogP contribution is 2.19. The van der Waals surface area contributed by atoms with Crippen molar-refractivity contribution >= 4 is 17.3 Å². The van der Waals surface area contributed by atoms with Crippen LogP contribution in [0.2, 0.25) is 5.02 Å². The van der Waals surface area contributed by atoms with Crippen molar-refractivity contribution in [3.63, 3.8) is 0 Å². The highest BCUT2D eigenvalue weighted by molar-refractivity contribution is 6.30. The van der Waals surface area contributed by atoms with Crippen molar-refractivity contribution in [1.29, 1.82) is 5.26 Å². The van der Waals surface area contributed by atoms with Crippen LogP contribution in [0.15, 0.2) is 18.2 Å². The molecular formula is C14H18ClN3. The summed E-state index contributed by atoms with van der Waals surface area (Å²) in [6, 6.07) is 7.55. The second-order valence-corrected chi connectivity index (χ2v) is 5.07. The van der Waals surface area contributed by atoms with E-state index in [1.807, 2.05) is 12.1 Å². The second-order valence-electron chi connectivity index (χ2n) is 4.63. The first-order valence-electron chi connectivity index (χ1n) is 6.45. The van der Waals surface area contributed by atoms with Crippen LogP contribution in [0, 0.1) is 11.3 Å². The van der Waals surface area contributed by atoms with Gasteiger partial charge < -0.3 is 10.2 Å². The maximum absolute atomic E-state index is 9.03. The standard InChI is InChI=1S/C14H18ClN3/c15-13-4-5-14(12(10-13)11-16)17-6-9-18-7-2-1-3-8-18/h4-5,10,17H,1-3,6-9H2. The molecule has 0 bridgehead atoms. The zero-order valence-electron chi connectivity index (χ0n) is 10.5. The number of hydrogen-bond acceptors (Lipinski definition) is 3. The Bertz CT molecular complexity index is 433. The predicted molar refractivity (Wildman–Crippen MR) is 74.9 cm³/mol. The van der Waals surface area contributed by atoms with Crippen LogP contribution in [0.25, 0.3) is 0 Å². The Morgan fingerprint density at radius 2 is 2.06 bits per heavy atom. The van der Waals surface area contributed by atoms with Crippen molar-refractivity contribution < 1.29 is 0 Å². The second kappa shape index (κ2) is 6.63. The molecule has 18 heavy (non-hydrogen) atoms. The fourth-order valence-corrected chi connectivity index (χ4v) is 2.47. The average Bonchev–Trinajstić information content (AvgIpc) is 2.41. The number of hydrogen-bond donors (Lipinski definition) is 1. The Hall–Kier alpha value is -1.24. The molecule has 1 aromatic rings. The minimum Gasteiger partial charge on any atom is -0.383 e. The van der Waals surface area contributed by atoms with E-state index in [-0.39, 0.29) is 0 Å². The highest BCUT2D eigenvalue weighted by atomic mass is 35.5. The summed E-state index contributed by atoms with van der Waals surface area (Å²) in [4.78, 5) is 2.47. The van der Waals surface area contributed by atoms with Crippen LogP contribution in [-0.2, 0) is 0 Å². The molecule has 0 unspecified atom stereocenters. The van der Waals surface area contributed by atoms with Gasteiger partial charge in [0.2, 0.25) is 0 Å². The Morgan fingerprint density at radius 3 is 2.78 bits per heavy atom. The summed E-state index contributed by atoms with van der Waals surface area (Å²) < 4.78 is 0. The molecule has 1 N–H and O–H groups in total. The van der Waals surface area contributed by atoms with E-state index in [9.17, 15) is 0 Å². The minimum atomic E-state index is 0.605. The van der Waals surface area contributed by atoms with Gasteiger partial charge in [0.25, 0.3) is 0 Å². The molecule has 0 amide bonds. The van der Waals surface area contributed by atoms with Crippen molar-refractivity contribution in [2.24, 2.45) is 0 Å². The molecule has 2 rings (SSSR count). The van der Waals surface area contributed by atoms with Gasteiger partial charge in [-0.15, -0.1) is 0 Å². The summed E-state index contributed by atoms with van der Waals surface area (Å²) in [6.07, 6.45) is 3.98. The molecule has 1 heterocycles. The smallest absolute Gasteiger partial charge is 0.101 e. The number of rotatable bonds is 4. The Morgan fingerprint density at radius 1 is 1.28 bits per heavy atom. The van der Waals surface area contributed by atoms with E-state index in [0.29, 0.717) is 10.6 Å². The van der Waals surface area contributed by atoms with E-state index in [0.717, 1.165) is 18.8 Å². The summed E-state index contributed by atoms with van der Waals surface area (Å²) in [5.74, 6) is 0. The fraction of sp³-hybridized carbons (Fsp3) is 0.500. The van der Waals surface area contributed by atoms with Gasteiger partial charge in [-0.05, 0) is 44.1 Å². The number of benzene rings is 1. The average molecular weight is 264 g/mol. The van der Waals surface area contributed by atoms with Crippen molar-refractivity contribution in [3.8, 4) is 6.07 Å². The van der Waals surface area contributed by atoms with E-state index in [4.69, 9.17) is 16.9 Å². The number of nitrogens with zero attached hydrogens (tertiary/aromatic N) is 2. The first-order valence-corrected chi connectivity index (χ1v) is 6.83. The van der Waals surface area contributed by atoms with E-state index in [1.54, 1.807) is 6.07 Å². The molecule has 1 saturated heterocycles. The van der Waals surface area contributed by atoms with Gasteiger partial charge in [-0.2, -0.15) is 5.26 Å². The first-order chi connectivity index (χ1) is 8.79. The summed E-state index contributed by atoms with van der Waals surface area (Å²) >= 11 is 5.86. The van der Waals surface area contributed by atoms with Crippen LogP contribution in [0.5, 0.6) is 0 Å². The van der Waals surface area contributed by atoms with E-state index >= 15 is 0 Å². The van der Waals surface area contributed by atoms with Crippen LogP contribution in [0.1, 0.15) is 24.8 Å². The summed E-state index contributed by atoms with van der Waals surface area (Å²) in [7, 11) is 0. The number of nitrogens with one attached hydrogen (secondary N) is 1. The van der Waals surface area contributed by atoms with Crippen molar-refractivity contribution in [1.82, 2.24) is 4.90 Å². The third-order valence-electron chi connectivity index (χ3n) is 3.29. The van der Waals surface area contributed by atoms with Gasteiger partial charge in [0.1, 0.15) is 6.07 Å². The molecule has 0 radical (unpaired) electrons. The van der Waals surface area contributed by atoms with Crippen molar-refractivity contribution in [2.75, 3.05) is 31.5 Å². The van der Waals surface area contributed by atoms with Crippen LogP contribution in [-0.4, -0.2) is 31.1 Å². The van der Waals surface area contributed by atoms with E-state index in [2.05, 4.69) is 16.3 Å². The molecule has 1 fully saturated rings. The van der Waals surface area contributed by atoms with Gasteiger partial charge in [0, 0.05) is 18.1 Å². The number of halogens is 1. The molecule has 0 atom stereocenters. The molecule has 1 aliphatic heterocycles. The SMILES string of the molecule is N#Cc1cc(Cl)ccc1NCCN1CCCCC1. The molecule has 0 saturated carbocycles. The summed E-state index contributed by atoms with van der Waals surface area (Å²) in [5.41, 5.74) is 1.49. The highest BCUT2D eigenvalue weighted by Gasteiger charge is 2.09. The zero-order chi connectivity index (χ0) is 12.8. The molecule has 4 heteroatoms. The molecule has 1 aliphatic rings. The van der Waals surface area contributed by atoms with E-state index < -0.39 is 0 Å². The number of nitriles is 1. The third-order valence-corrected chi connectivity index (χ3v) is 3.53. The summed E-state index contributed by atoms with van der Waals surface area (Å²) in [5, 5.41) is 13.0. The van der Waals surface area contributed by atoms with Crippen LogP contribution in [0.3, 0.4) is 0 Å². The Balaban J connectivity index is 1.84. The lowest BCUT2D eigenvalue weighted by Crippen LogP contribution is -2.33. The molecule has 0 spiro atoms. The van der Waals surface area contributed by atoms with E-state index in [1.165, 1.54) is 32.4 Å². The third kappa shape index (κ3) is 3.63. The van der Waals surface area contributed by atoms with Crippen molar-refractivity contribution in [3.05, 3.63) is 28.8 Å². The fourth-order valence-electron chi connectivity index (χ4n) is 2.29. The van der Waals surface area contributed by atoms with Gasteiger partial charge in [-0.3, -0.25) is 0 Å². The van der Waals surface area contributed by atoms with Gasteiger partial charge in [-0.25, -0.2) is 0 Å². The van der Waals surface area contributed by atoms with Gasteiger partial charge in [0.15, 0.2) is 0 Å². The lowest BCUT2D eigenvalue weighted by Gasteiger charge is -2.26. The van der Waals surface area contributed by atoms with Gasteiger partial charge in [0.05, 0.1) is 11.3 Å².